The lowest BCUT2D eigenvalue weighted by Gasteiger charge is -2.13. The molecule has 20 heavy (non-hydrogen) atoms. The molecule has 2 rings (SSSR count). The summed E-state index contributed by atoms with van der Waals surface area (Å²) >= 11 is 0.507. The fourth-order valence-electron chi connectivity index (χ4n) is 1.57. The van der Waals surface area contributed by atoms with Crippen molar-refractivity contribution in [3.05, 3.63) is 38.6 Å². The molecule has 0 aliphatic heterocycles. The molecule has 0 unspecified atom stereocenters. The van der Waals surface area contributed by atoms with Gasteiger partial charge in [0.15, 0.2) is 0 Å². The maximum Gasteiger partial charge on any atom is 0.432 e. The molecular weight excluding hydrogens is 293 g/mol. The fourth-order valence-corrected chi connectivity index (χ4v) is 2.33. The highest BCUT2D eigenvalue weighted by atomic mass is 32.1. The molecule has 2 aromatic heterocycles. The lowest BCUT2D eigenvalue weighted by atomic mass is 9.94. The van der Waals surface area contributed by atoms with Crippen molar-refractivity contribution < 1.29 is 17.6 Å². The third-order valence-corrected chi connectivity index (χ3v) is 3.42. The number of halogens is 3. The van der Waals surface area contributed by atoms with E-state index in [9.17, 15) is 18.0 Å². The van der Waals surface area contributed by atoms with Crippen molar-refractivity contribution in [1.29, 1.82) is 0 Å². The number of alkyl halides is 3. The van der Waals surface area contributed by atoms with Crippen molar-refractivity contribution in [1.82, 2.24) is 9.55 Å². The minimum atomic E-state index is -4.57. The summed E-state index contributed by atoms with van der Waals surface area (Å²) in [7, 11) is 0. The Morgan fingerprint density at radius 3 is 2.50 bits per heavy atom. The van der Waals surface area contributed by atoms with Gasteiger partial charge >= 0.3 is 11.0 Å². The minimum absolute atomic E-state index is 0.0842. The number of hydrogen-bond acceptors (Lipinski definition) is 4. The van der Waals surface area contributed by atoms with Crippen LogP contribution in [0.1, 0.15) is 38.1 Å². The van der Waals surface area contributed by atoms with E-state index in [4.69, 9.17) is 4.42 Å². The molecule has 0 atom stereocenters. The number of thiazole rings is 1. The average Bonchev–Trinajstić information content (AvgIpc) is 2.85. The Hall–Kier alpha value is -1.57. The molecule has 0 amide bonds. The van der Waals surface area contributed by atoms with Crippen LogP contribution in [0.2, 0.25) is 0 Å². The summed E-state index contributed by atoms with van der Waals surface area (Å²) < 4.78 is 44.3. The first-order valence-electron chi connectivity index (χ1n) is 5.80. The highest BCUT2D eigenvalue weighted by molar-refractivity contribution is 7.07. The smallest absolute Gasteiger partial charge is 0.432 e. The van der Waals surface area contributed by atoms with Gasteiger partial charge in [0.2, 0.25) is 5.89 Å². The number of rotatable bonds is 2. The standard InChI is InChI=1S/C12H13F3N2O2S/c1-11(2,3)8-4-16-9(19-8)5-17-7(12(13,14)15)6-20-10(17)18/h4,6H,5H2,1-3H3. The molecule has 4 nitrogen and oxygen atoms in total. The van der Waals surface area contributed by atoms with Crippen molar-refractivity contribution in [3.63, 3.8) is 0 Å². The molecule has 0 N–H and O–H groups in total. The van der Waals surface area contributed by atoms with Crippen LogP contribution < -0.4 is 4.87 Å². The van der Waals surface area contributed by atoms with Crippen molar-refractivity contribution >= 4 is 11.3 Å². The molecule has 0 bridgehead atoms. The molecule has 0 radical (unpaired) electrons. The molecule has 2 heterocycles. The van der Waals surface area contributed by atoms with E-state index < -0.39 is 16.7 Å². The molecule has 0 fully saturated rings. The molecular formula is C12H13F3N2O2S. The van der Waals surface area contributed by atoms with E-state index in [0.29, 0.717) is 21.7 Å². The van der Waals surface area contributed by atoms with Crippen LogP contribution in [-0.4, -0.2) is 9.55 Å². The monoisotopic (exact) mass is 306 g/mol. The highest BCUT2D eigenvalue weighted by Crippen LogP contribution is 2.30. The third kappa shape index (κ3) is 2.95. The summed E-state index contributed by atoms with van der Waals surface area (Å²) in [4.78, 5) is 14.8. The third-order valence-electron chi connectivity index (χ3n) is 2.66. The van der Waals surface area contributed by atoms with E-state index in [2.05, 4.69) is 4.98 Å². The second kappa shape index (κ2) is 4.76. The van der Waals surface area contributed by atoms with Gasteiger partial charge in [0.1, 0.15) is 18.0 Å². The van der Waals surface area contributed by atoms with Gasteiger partial charge in [-0.3, -0.25) is 9.36 Å². The zero-order valence-corrected chi connectivity index (χ0v) is 11.9. The molecule has 0 spiro atoms. The Labute approximate surface area is 116 Å². The van der Waals surface area contributed by atoms with Crippen molar-refractivity contribution in [2.24, 2.45) is 0 Å². The summed E-state index contributed by atoms with van der Waals surface area (Å²) in [6, 6.07) is 0. The highest BCUT2D eigenvalue weighted by Gasteiger charge is 2.36. The van der Waals surface area contributed by atoms with Crippen LogP contribution in [-0.2, 0) is 18.1 Å². The lowest BCUT2D eigenvalue weighted by molar-refractivity contribution is -0.143. The molecule has 2 aromatic rings. The van der Waals surface area contributed by atoms with Gasteiger partial charge < -0.3 is 4.42 Å². The summed E-state index contributed by atoms with van der Waals surface area (Å²) in [5.41, 5.74) is -1.28. The maximum absolute atomic E-state index is 12.8. The average molecular weight is 306 g/mol. The van der Waals surface area contributed by atoms with Crippen LogP contribution >= 0.6 is 11.3 Å². The van der Waals surface area contributed by atoms with Gasteiger partial charge in [0.25, 0.3) is 0 Å². The van der Waals surface area contributed by atoms with Crippen LogP contribution in [0, 0.1) is 0 Å². The van der Waals surface area contributed by atoms with Gasteiger partial charge in [-0.25, -0.2) is 4.98 Å². The van der Waals surface area contributed by atoms with E-state index >= 15 is 0 Å². The predicted octanol–water partition coefficient (Wildman–Crippen LogP) is 3.26. The Morgan fingerprint density at radius 2 is 2.00 bits per heavy atom. The summed E-state index contributed by atoms with van der Waals surface area (Å²) in [5, 5.41) is 0.802. The van der Waals surface area contributed by atoms with Gasteiger partial charge in [0, 0.05) is 10.8 Å². The minimum Gasteiger partial charge on any atom is -0.443 e. The largest absolute Gasteiger partial charge is 0.443 e. The predicted molar refractivity (Wildman–Crippen MR) is 67.9 cm³/mol. The molecule has 0 aliphatic rings. The SMILES string of the molecule is CC(C)(C)c1cnc(Cn2c(C(F)(F)F)csc2=O)o1. The van der Waals surface area contributed by atoms with E-state index in [1.807, 2.05) is 20.8 Å². The second-order valence-corrected chi connectivity index (χ2v) is 6.16. The fraction of sp³-hybridized carbons (Fsp3) is 0.500. The lowest BCUT2D eigenvalue weighted by Crippen LogP contribution is -2.22. The summed E-state index contributed by atoms with van der Waals surface area (Å²) in [5.74, 6) is 0.644. The van der Waals surface area contributed by atoms with Gasteiger partial charge in [0.05, 0.1) is 6.20 Å². The second-order valence-electron chi connectivity index (χ2n) is 5.34. The Bertz CT molecular complexity index is 661. The molecule has 0 aliphatic carbocycles. The molecule has 8 heteroatoms. The Kier molecular flexibility index (Phi) is 3.53. The molecule has 0 aromatic carbocycles. The molecule has 0 saturated heterocycles. The Balaban J connectivity index is 2.34. The van der Waals surface area contributed by atoms with E-state index in [0.717, 1.165) is 5.38 Å². The van der Waals surface area contributed by atoms with Crippen LogP contribution in [0.3, 0.4) is 0 Å². The summed E-state index contributed by atoms with van der Waals surface area (Å²) in [6.07, 6.45) is -3.10. The number of nitrogens with zero attached hydrogens (tertiary/aromatic N) is 2. The van der Waals surface area contributed by atoms with E-state index in [1.165, 1.54) is 6.20 Å². The van der Waals surface area contributed by atoms with Crippen molar-refractivity contribution in [3.8, 4) is 0 Å². The van der Waals surface area contributed by atoms with E-state index in [1.54, 1.807) is 0 Å². The Morgan fingerprint density at radius 1 is 1.35 bits per heavy atom. The zero-order valence-electron chi connectivity index (χ0n) is 11.1. The van der Waals surface area contributed by atoms with Gasteiger partial charge in [-0.15, -0.1) is 0 Å². The van der Waals surface area contributed by atoms with Crippen molar-refractivity contribution in [2.75, 3.05) is 0 Å². The first-order valence-corrected chi connectivity index (χ1v) is 6.67. The van der Waals surface area contributed by atoms with Crippen LogP contribution in [0.15, 0.2) is 20.8 Å². The normalized spacial score (nSPS) is 12.9. The topological polar surface area (TPSA) is 48.0 Å². The molecule has 110 valence electrons. The van der Waals surface area contributed by atoms with Crippen molar-refractivity contribution in [2.45, 2.75) is 38.9 Å². The van der Waals surface area contributed by atoms with Crippen LogP contribution in [0.4, 0.5) is 13.2 Å². The first-order chi connectivity index (χ1) is 9.09. The first kappa shape index (κ1) is 14.8. The van der Waals surface area contributed by atoms with Gasteiger partial charge in [-0.2, -0.15) is 13.2 Å². The quantitative estimate of drug-likeness (QED) is 0.855. The number of hydrogen-bond donors (Lipinski definition) is 0. The summed E-state index contributed by atoms with van der Waals surface area (Å²) in [6.45, 7) is 5.37. The zero-order chi connectivity index (χ0) is 15.1. The number of aromatic nitrogens is 2. The van der Waals surface area contributed by atoms with Crippen LogP contribution in [0.25, 0.3) is 0 Å². The van der Waals surface area contributed by atoms with Gasteiger partial charge in [-0.1, -0.05) is 32.1 Å². The van der Waals surface area contributed by atoms with Gasteiger partial charge in [-0.05, 0) is 0 Å². The maximum atomic E-state index is 12.8. The van der Waals surface area contributed by atoms with Crippen LogP contribution in [0.5, 0.6) is 0 Å². The molecule has 0 saturated carbocycles. The number of oxazole rings is 1. The van der Waals surface area contributed by atoms with E-state index in [-0.39, 0.29) is 17.9 Å².